The summed E-state index contributed by atoms with van der Waals surface area (Å²) in [6.45, 7) is 1.91. The molecule has 0 aliphatic carbocycles. The van der Waals surface area contributed by atoms with Gasteiger partial charge in [0.1, 0.15) is 11.4 Å². The van der Waals surface area contributed by atoms with Gasteiger partial charge in [0.25, 0.3) is 5.91 Å². The highest BCUT2D eigenvalue weighted by Crippen LogP contribution is 2.41. The van der Waals surface area contributed by atoms with E-state index in [0.717, 1.165) is 5.56 Å². The first-order valence-corrected chi connectivity index (χ1v) is 9.97. The maximum atomic E-state index is 13.5. The number of nitrogens with zero attached hydrogens (tertiary/aromatic N) is 2. The minimum Gasteiger partial charge on any atom is -0.450 e. The van der Waals surface area contributed by atoms with Crippen LogP contribution in [0.15, 0.2) is 70.0 Å². The quantitative estimate of drug-likeness (QED) is 0.412. The van der Waals surface area contributed by atoms with Gasteiger partial charge in [-0.1, -0.05) is 41.4 Å². The van der Waals surface area contributed by atoms with Gasteiger partial charge >= 0.3 is 0 Å². The number of anilines is 1. The van der Waals surface area contributed by atoms with Crippen molar-refractivity contribution in [3.8, 4) is 0 Å². The third-order valence-electron chi connectivity index (χ3n) is 5.14. The summed E-state index contributed by atoms with van der Waals surface area (Å²) in [5.41, 5.74) is 1.89. The Morgan fingerprint density at radius 1 is 1.00 bits per heavy atom. The Labute approximate surface area is 181 Å². The van der Waals surface area contributed by atoms with Crippen molar-refractivity contribution in [3.05, 3.63) is 104 Å². The molecule has 1 atom stereocenters. The largest absolute Gasteiger partial charge is 0.450 e. The van der Waals surface area contributed by atoms with E-state index in [-0.39, 0.29) is 16.8 Å². The van der Waals surface area contributed by atoms with Crippen molar-refractivity contribution in [1.29, 1.82) is 0 Å². The molecule has 0 radical (unpaired) electrons. The zero-order valence-electron chi connectivity index (χ0n) is 15.7. The van der Waals surface area contributed by atoms with E-state index in [4.69, 9.17) is 27.6 Å². The maximum Gasteiger partial charge on any atom is 0.296 e. The molecule has 0 saturated heterocycles. The summed E-state index contributed by atoms with van der Waals surface area (Å²) in [5.74, 6) is -0.00841. The number of hydrogen-bond acceptors (Lipinski definition) is 4. The monoisotopic (exact) mass is 436 g/mol. The van der Waals surface area contributed by atoms with Crippen LogP contribution in [-0.4, -0.2) is 10.9 Å². The van der Waals surface area contributed by atoms with Crippen LogP contribution < -0.4 is 10.3 Å². The van der Waals surface area contributed by atoms with Crippen LogP contribution in [0.1, 0.15) is 33.3 Å². The Kier molecular flexibility index (Phi) is 4.38. The molecule has 0 unspecified atom stereocenters. The first-order valence-electron chi connectivity index (χ1n) is 9.22. The minimum atomic E-state index is -0.721. The minimum absolute atomic E-state index is 0.00201. The SMILES string of the molecule is Cc1ccc(N2C(=O)c3oc4ccc(Cl)cc4c(=O)c3[C@@H]2c2cccc(Cl)c2)nc1. The Morgan fingerprint density at radius 3 is 2.53 bits per heavy atom. The zero-order valence-corrected chi connectivity index (χ0v) is 17.2. The van der Waals surface area contributed by atoms with Gasteiger partial charge in [-0.05, 0) is 54.4 Å². The first-order chi connectivity index (χ1) is 14.4. The number of fused-ring (bicyclic) bond motifs is 2. The fraction of sp³-hybridized carbons (Fsp3) is 0.0870. The highest BCUT2D eigenvalue weighted by molar-refractivity contribution is 6.31. The van der Waals surface area contributed by atoms with Crippen LogP contribution in [-0.2, 0) is 0 Å². The number of aryl methyl sites for hydroxylation is 1. The van der Waals surface area contributed by atoms with E-state index in [1.54, 1.807) is 48.7 Å². The van der Waals surface area contributed by atoms with Gasteiger partial charge in [0, 0.05) is 16.2 Å². The lowest BCUT2D eigenvalue weighted by atomic mass is 9.98. The van der Waals surface area contributed by atoms with E-state index in [9.17, 15) is 9.59 Å². The lowest BCUT2D eigenvalue weighted by Crippen LogP contribution is -2.30. The normalized spacial score (nSPS) is 15.6. The summed E-state index contributed by atoms with van der Waals surface area (Å²) in [5, 5.41) is 1.23. The van der Waals surface area contributed by atoms with E-state index in [1.165, 1.54) is 4.90 Å². The molecule has 30 heavy (non-hydrogen) atoms. The summed E-state index contributed by atoms with van der Waals surface area (Å²) >= 11 is 12.3. The zero-order chi connectivity index (χ0) is 21.0. The lowest BCUT2D eigenvalue weighted by molar-refractivity contribution is 0.0970. The average Bonchev–Trinajstić information content (AvgIpc) is 3.02. The van der Waals surface area contributed by atoms with Gasteiger partial charge in [-0.2, -0.15) is 0 Å². The Hall–Kier alpha value is -3.15. The van der Waals surface area contributed by atoms with E-state index < -0.39 is 11.9 Å². The second kappa shape index (κ2) is 6.97. The van der Waals surface area contributed by atoms with Crippen molar-refractivity contribution < 1.29 is 9.21 Å². The van der Waals surface area contributed by atoms with E-state index in [1.807, 2.05) is 19.1 Å². The predicted octanol–water partition coefficient (Wildman–Crippen LogP) is 5.55. The Balaban J connectivity index is 1.83. The topological polar surface area (TPSA) is 63.4 Å². The average molecular weight is 437 g/mol. The van der Waals surface area contributed by atoms with Crippen LogP contribution in [0.3, 0.4) is 0 Å². The molecule has 0 N–H and O–H groups in total. The van der Waals surface area contributed by atoms with Gasteiger partial charge < -0.3 is 4.42 Å². The molecule has 3 heterocycles. The fourth-order valence-corrected chi connectivity index (χ4v) is 4.15. The fourth-order valence-electron chi connectivity index (χ4n) is 3.78. The molecule has 2 aromatic heterocycles. The van der Waals surface area contributed by atoms with Gasteiger partial charge in [-0.25, -0.2) is 4.98 Å². The van der Waals surface area contributed by atoms with Crippen LogP contribution in [0.5, 0.6) is 0 Å². The van der Waals surface area contributed by atoms with E-state index in [2.05, 4.69) is 4.98 Å². The molecule has 1 aliphatic heterocycles. The molecule has 4 aromatic rings. The van der Waals surface area contributed by atoms with E-state index in [0.29, 0.717) is 32.4 Å². The van der Waals surface area contributed by atoms with Crippen molar-refractivity contribution in [2.45, 2.75) is 13.0 Å². The van der Waals surface area contributed by atoms with Gasteiger partial charge in [-0.15, -0.1) is 0 Å². The molecule has 5 nitrogen and oxygen atoms in total. The van der Waals surface area contributed by atoms with Gasteiger partial charge in [0.15, 0.2) is 5.43 Å². The number of halogens is 2. The molecular formula is C23H14Cl2N2O3. The third kappa shape index (κ3) is 2.90. The second-order valence-corrected chi connectivity index (χ2v) is 8.01. The number of hydrogen-bond donors (Lipinski definition) is 0. The molecule has 148 valence electrons. The Bertz CT molecular complexity index is 1380. The summed E-state index contributed by atoms with van der Waals surface area (Å²) in [7, 11) is 0. The predicted molar refractivity (Wildman–Crippen MR) is 117 cm³/mol. The van der Waals surface area contributed by atoms with Crippen molar-refractivity contribution in [2.75, 3.05) is 4.90 Å². The summed E-state index contributed by atoms with van der Waals surface area (Å²) in [6.07, 6.45) is 1.67. The molecule has 0 fully saturated rings. The number of amides is 1. The molecule has 0 saturated carbocycles. The van der Waals surface area contributed by atoms with Gasteiger partial charge in [0.2, 0.25) is 5.76 Å². The molecule has 1 aliphatic rings. The van der Waals surface area contributed by atoms with Crippen LogP contribution in [0.2, 0.25) is 10.0 Å². The van der Waals surface area contributed by atoms with Crippen molar-refractivity contribution in [3.63, 3.8) is 0 Å². The third-order valence-corrected chi connectivity index (χ3v) is 5.61. The number of rotatable bonds is 2. The molecule has 0 bridgehead atoms. The smallest absolute Gasteiger partial charge is 0.296 e. The Morgan fingerprint density at radius 2 is 1.80 bits per heavy atom. The van der Waals surface area contributed by atoms with Gasteiger partial charge in [-0.3, -0.25) is 14.5 Å². The molecular weight excluding hydrogens is 423 g/mol. The van der Waals surface area contributed by atoms with E-state index >= 15 is 0 Å². The second-order valence-electron chi connectivity index (χ2n) is 7.14. The van der Waals surface area contributed by atoms with Crippen LogP contribution in [0.4, 0.5) is 5.82 Å². The molecule has 7 heteroatoms. The molecule has 5 rings (SSSR count). The van der Waals surface area contributed by atoms with Crippen molar-refractivity contribution in [2.24, 2.45) is 0 Å². The maximum absolute atomic E-state index is 13.5. The highest BCUT2D eigenvalue weighted by Gasteiger charge is 2.44. The summed E-state index contributed by atoms with van der Waals surface area (Å²) in [4.78, 5) is 32.8. The van der Waals surface area contributed by atoms with Crippen LogP contribution in [0.25, 0.3) is 11.0 Å². The van der Waals surface area contributed by atoms with Crippen molar-refractivity contribution in [1.82, 2.24) is 4.98 Å². The highest BCUT2D eigenvalue weighted by atomic mass is 35.5. The summed E-state index contributed by atoms with van der Waals surface area (Å²) in [6, 6.07) is 14.7. The van der Waals surface area contributed by atoms with Crippen molar-refractivity contribution >= 4 is 45.9 Å². The van der Waals surface area contributed by atoms with Gasteiger partial charge in [0.05, 0.1) is 17.0 Å². The lowest BCUT2D eigenvalue weighted by Gasteiger charge is -2.24. The number of benzene rings is 2. The number of pyridine rings is 1. The van der Waals surface area contributed by atoms with Crippen LogP contribution in [0, 0.1) is 6.92 Å². The molecule has 1 amide bonds. The first kappa shape index (κ1) is 18.9. The number of aromatic nitrogens is 1. The number of carbonyl (C=O) groups excluding carboxylic acids is 1. The standard InChI is InChI=1S/C23H14Cl2N2O3/c1-12-5-8-18(26-11-12)27-20(13-3-2-4-14(24)9-13)19-21(28)16-10-15(25)6-7-17(16)30-22(19)23(27)29/h2-11,20H,1H3/t20-/m0/s1. The van der Waals surface area contributed by atoms with Crippen LogP contribution >= 0.6 is 23.2 Å². The summed E-state index contributed by atoms with van der Waals surface area (Å²) < 4.78 is 5.90. The molecule has 0 spiro atoms. The molecule has 2 aromatic carbocycles. The number of carbonyl (C=O) groups is 1.